The Bertz CT molecular complexity index is 1050. The molecule has 31 heavy (non-hydrogen) atoms. The van der Waals surface area contributed by atoms with Crippen LogP contribution in [-0.2, 0) is 17.8 Å². The molecule has 1 aliphatic rings. The number of benzene rings is 1. The lowest BCUT2D eigenvalue weighted by molar-refractivity contribution is 0.0914. The van der Waals surface area contributed by atoms with Crippen LogP contribution in [0.2, 0.25) is 0 Å². The standard InChI is InChI=1S/C23H25F2N3O3/c1-30-13-3-9-26-23(29)21-8-6-17(31-21)15-28-12-11-27-10-2-4-20(27)22(28)18-7-5-16(24)14-19(18)25/h2,4-8,10,14,22H,3,9,11-13,15H2,1H3,(H,26,29). The van der Waals surface area contributed by atoms with E-state index < -0.39 is 11.6 Å². The first-order valence-corrected chi connectivity index (χ1v) is 10.3. The summed E-state index contributed by atoms with van der Waals surface area (Å²) in [7, 11) is 1.61. The van der Waals surface area contributed by atoms with Crippen LogP contribution in [0.1, 0.15) is 40.0 Å². The molecular weight excluding hydrogens is 404 g/mol. The monoisotopic (exact) mass is 429 g/mol. The Hall–Kier alpha value is -2.97. The average molecular weight is 429 g/mol. The summed E-state index contributed by atoms with van der Waals surface area (Å²) >= 11 is 0. The third kappa shape index (κ3) is 4.70. The zero-order chi connectivity index (χ0) is 21.8. The van der Waals surface area contributed by atoms with Gasteiger partial charge in [-0.05, 0) is 36.8 Å². The second-order valence-electron chi connectivity index (χ2n) is 7.53. The van der Waals surface area contributed by atoms with Crippen LogP contribution in [0.4, 0.5) is 8.78 Å². The maximum absolute atomic E-state index is 14.7. The van der Waals surface area contributed by atoms with E-state index in [4.69, 9.17) is 9.15 Å². The summed E-state index contributed by atoms with van der Waals surface area (Å²) in [4.78, 5) is 14.3. The van der Waals surface area contributed by atoms with Gasteiger partial charge in [0, 0.05) is 56.9 Å². The first kappa shape index (κ1) is 21.3. The van der Waals surface area contributed by atoms with Gasteiger partial charge >= 0.3 is 0 Å². The fraction of sp³-hybridized carbons (Fsp3) is 0.348. The molecule has 0 fully saturated rings. The fourth-order valence-corrected chi connectivity index (χ4v) is 3.97. The van der Waals surface area contributed by atoms with Gasteiger partial charge in [-0.1, -0.05) is 6.07 Å². The summed E-state index contributed by atoms with van der Waals surface area (Å²) in [6.07, 6.45) is 2.67. The van der Waals surface area contributed by atoms with Gasteiger partial charge in [0.2, 0.25) is 0 Å². The van der Waals surface area contributed by atoms with Gasteiger partial charge in [0.25, 0.3) is 5.91 Å². The van der Waals surface area contributed by atoms with Crippen molar-refractivity contribution in [1.29, 1.82) is 0 Å². The highest BCUT2D eigenvalue weighted by molar-refractivity contribution is 5.91. The van der Waals surface area contributed by atoms with Gasteiger partial charge in [0.1, 0.15) is 17.4 Å². The number of rotatable bonds is 8. The van der Waals surface area contributed by atoms with Crippen molar-refractivity contribution in [2.24, 2.45) is 0 Å². The Morgan fingerprint density at radius 3 is 2.90 bits per heavy atom. The van der Waals surface area contributed by atoms with E-state index >= 15 is 0 Å². The number of amides is 1. The highest BCUT2D eigenvalue weighted by atomic mass is 19.1. The van der Waals surface area contributed by atoms with Crippen molar-refractivity contribution in [1.82, 2.24) is 14.8 Å². The molecule has 1 unspecified atom stereocenters. The number of ether oxygens (including phenoxy) is 1. The second kappa shape index (κ2) is 9.45. The molecule has 3 heterocycles. The van der Waals surface area contributed by atoms with Gasteiger partial charge in [-0.2, -0.15) is 0 Å². The Labute approximate surface area is 179 Å². The van der Waals surface area contributed by atoms with E-state index in [9.17, 15) is 13.6 Å². The van der Waals surface area contributed by atoms with E-state index in [0.29, 0.717) is 44.0 Å². The molecule has 2 aromatic heterocycles. The summed E-state index contributed by atoms with van der Waals surface area (Å²) < 4.78 is 41.0. The Morgan fingerprint density at radius 2 is 2.10 bits per heavy atom. The van der Waals surface area contributed by atoms with Gasteiger partial charge in [-0.3, -0.25) is 9.69 Å². The van der Waals surface area contributed by atoms with Gasteiger partial charge in [0.05, 0.1) is 12.6 Å². The van der Waals surface area contributed by atoms with Crippen molar-refractivity contribution >= 4 is 5.91 Å². The minimum Gasteiger partial charge on any atom is -0.455 e. The smallest absolute Gasteiger partial charge is 0.286 e. The van der Waals surface area contributed by atoms with Crippen LogP contribution in [0.25, 0.3) is 0 Å². The number of aromatic nitrogens is 1. The van der Waals surface area contributed by atoms with Crippen LogP contribution in [-0.4, -0.2) is 42.2 Å². The van der Waals surface area contributed by atoms with E-state index in [0.717, 1.165) is 18.3 Å². The summed E-state index contributed by atoms with van der Waals surface area (Å²) in [6.45, 7) is 2.86. The molecule has 0 saturated carbocycles. The first-order valence-electron chi connectivity index (χ1n) is 10.3. The third-order valence-corrected chi connectivity index (χ3v) is 5.45. The molecule has 0 radical (unpaired) electrons. The van der Waals surface area contributed by atoms with Crippen molar-refractivity contribution in [3.8, 4) is 0 Å². The predicted molar refractivity (Wildman–Crippen MR) is 111 cm³/mol. The first-order chi connectivity index (χ1) is 15.1. The van der Waals surface area contributed by atoms with E-state index in [1.807, 2.05) is 18.3 Å². The number of carbonyl (C=O) groups excluding carboxylic acids is 1. The van der Waals surface area contributed by atoms with E-state index in [1.54, 1.807) is 19.2 Å². The number of hydrogen-bond donors (Lipinski definition) is 1. The highest BCUT2D eigenvalue weighted by Crippen LogP contribution is 2.35. The van der Waals surface area contributed by atoms with Crippen molar-refractivity contribution in [3.63, 3.8) is 0 Å². The van der Waals surface area contributed by atoms with Crippen LogP contribution in [0.3, 0.4) is 0 Å². The minimum atomic E-state index is -0.605. The van der Waals surface area contributed by atoms with Gasteiger partial charge in [-0.25, -0.2) is 8.78 Å². The van der Waals surface area contributed by atoms with Gasteiger partial charge in [-0.15, -0.1) is 0 Å². The molecule has 4 rings (SSSR count). The van der Waals surface area contributed by atoms with Crippen LogP contribution >= 0.6 is 0 Å². The number of methoxy groups -OCH3 is 1. The molecule has 1 aliphatic heterocycles. The van der Waals surface area contributed by atoms with Crippen LogP contribution < -0.4 is 5.32 Å². The molecular formula is C23H25F2N3O3. The number of fused-ring (bicyclic) bond motifs is 1. The molecule has 1 amide bonds. The predicted octanol–water partition coefficient (Wildman–Crippen LogP) is 3.73. The van der Waals surface area contributed by atoms with E-state index in [2.05, 4.69) is 14.8 Å². The molecule has 0 aliphatic carbocycles. The maximum atomic E-state index is 14.7. The maximum Gasteiger partial charge on any atom is 0.286 e. The Morgan fingerprint density at radius 1 is 1.23 bits per heavy atom. The second-order valence-corrected chi connectivity index (χ2v) is 7.53. The summed E-state index contributed by atoms with van der Waals surface area (Å²) in [5.74, 6) is -0.630. The molecule has 3 aromatic rings. The highest BCUT2D eigenvalue weighted by Gasteiger charge is 2.31. The molecule has 8 heteroatoms. The minimum absolute atomic E-state index is 0.234. The molecule has 1 atom stereocenters. The van der Waals surface area contributed by atoms with Crippen molar-refractivity contribution in [2.75, 3.05) is 26.8 Å². The van der Waals surface area contributed by atoms with E-state index in [-0.39, 0.29) is 17.7 Å². The van der Waals surface area contributed by atoms with Gasteiger partial charge in [0.15, 0.2) is 5.76 Å². The molecule has 0 bridgehead atoms. The molecule has 0 spiro atoms. The number of halogens is 2. The third-order valence-electron chi connectivity index (χ3n) is 5.45. The Balaban J connectivity index is 1.52. The van der Waals surface area contributed by atoms with Crippen LogP contribution in [0, 0.1) is 11.6 Å². The number of nitrogens with one attached hydrogen (secondary N) is 1. The SMILES string of the molecule is COCCCNC(=O)c1ccc(CN2CCn3cccc3C2c2ccc(F)cc2F)o1. The quantitative estimate of drug-likeness (QED) is 0.555. The summed E-state index contributed by atoms with van der Waals surface area (Å²) in [5, 5.41) is 2.79. The zero-order valence-corrected chi connectivity index (χ0v) is 17.3. The van der Waals surface area contributed by atoms with Crippen LogP contribution in [0.15, 0.2) is 53.1 Å². The molecule has 6 nitrogen and oxygen atoms in total. The number of nitrogens with zero attached hydrogens (tertiary/aromatic N) is 2. The lowest BCUT2D eigenvalue weighted by atomic mass is 9.99. The average Bonchev–Trinajstić information content (AvgIpc) is 3.41. The molecule has 1 N–H and O–H groups in total. The normalized spacial score (nSPS) is 16.3. The number of hydrogen-bond acceptors (Lipinski definition) is 4. The number of furan rings is 1. The zero-order valence-electron chi connectivity index (χ0n) is 17.3. The summed E-state index contributed by atoms with van der Waals surface area (Å²) in [5.41, 5.74) is 1.34. The molecule has 1 aromatic carbocycles. The van der Waals surface area contributed by atoms with Crippen LogP contribution in [0.5, 0.6) is 0 Å². The van der Waals surface area contributed by atoms with Gasteiger partial charge < -0.3 is 19.0 Å². The fourth-order valence-electron chi connectivity index (χ4n) is 3.97. The largest absolute Gasteiger partial charge is 0.455 e. The lowest BCUT2D eigenvalue weighted by Crippen LogP contribution is -2.38. The summed E-state index contributed by atoms with van der Waals surface area (Å²) in [6, 6.07) is 10.6. The number of carbonyl (C=O) groups is 1. The van der Waals surface area contributed by atoms with E-state index in [1.165, 1.54) is 12.1 Å². The molecule has 164 valence electrons. The topological polar surface area (TPSA) is 59.6 Å². The van der Waals surface area contributed by atoms with Crippen molar-refractivity contribution in [3.05, 3.63) is 83.1 Å². The Kier molecular flexibility index (Phi) is 6.48. The van der Waals surface area contributed by atoms with Crippen molar-refractivity contribution < 1.29 is 22.7 Å². The van der Waals surface area contributed by atoms with Crippen molar-refractivity contribution in [2.45, 2.75) is 25.6 Å². The molecule has 0 saturated heterocycles. The lowest BCUT2D eigenvalue weighted by Gasteiger charge is -2.37.